The van der Waals surface area contributed by atoms with E-state index in [-0.39, 0.29) is 5.02 Å². The van der Waals surface area contributed by atoms with Gasteiger partial charge in [-0.15, -0.1) is 0 Å². The number of benzene rings is 1. The van der Waals surface area contributed by atoms with Crippen molar-refractivity contribution in [3.63, 3.8) is 0 Å². The summed E-state index contributed by atoms with van der Waals surface area (Å²) in [5.74, 6) is 0.363. The highest BCUT2D eigenvalue weighted by Gasteiger charge is 2.36. The van der Waals surface area contributed by atoms with Gasteiger partial charge in [0.1, 0.15) is 12.1 Å². The van der Waals surface area contributed by atoms with Gasteiger partial charge in [0.25, 0.3) is 0 Å². The van der Waals surface area contributed by atoms with Crippen molar-refractivity contribution in [2.75, 3.05) is 29.9 Å². The average Bonchev–Trinajstić information content (AvgIpc) is 3.20. The summed E-state index contributed by atoms with van der Waals surface area (Å²) >= 11 is 5.83. The molecule has 3 heterocycles. The smallest absolute Gasteiger partial charge is 0.164 e. The molecule has 1 saturated heterocycles. The first-order chi connectivity index (χ1) is 12.5. The number of aromatic nitrogens is 4. The molecular formula is C17H19ClFN7. The second-order valence-corrected chi connectivity index (χ2v) is 7.13. The molecule has 1 aliphatic heterocycles. The van der Waals surface area contributed by atoms with Crippen molar-refractivity contribution in [2.45, 2.75) is 18.9 Å². The second-order valence-electron chi connectivity index (χ2n) is 6.72. The highest BCUT2D eigenvalue weighted by atomic mass is 35.5. The molecule has 1 unspecified atom stereocenters. The SMILES string of the molecule is Cc1n[nH]c2ncnc(N3CCC(N)(CNc4cccc(Cl)c4F)C3)c12. The van der Waals surface area contributed by atoms with Gasteiger partial charge < -0.3 is 16.0 Å². The molecular weight excluding hydrogens is 357 g/mol. The van der Waals surface area contributed by atoms with Gasteiger partial charge in [-0.25, -0.2) is 14.4 Å². The van der Waals surface area contributed by atoms with Gasteiger partial charge in [-0.1, -0.05) is 17.7 Å². The predicted molar refractivity (Wildman–Crippen MR) is 100 cm³/mol. The Hall–Kier alpha value is -2.45. The fourth-order valence-corrected chi connectivity index (χ4v) is 3.53. The number of hydrogen-bond donors (Lipinski definition) is 3. The van der Waals surface area contributed by atoms with Crippen LogP contribution in [0.5, 0.6) is 0 Å². The molecule has 0 saturated carbocycles. The van der Waals surface area contributed by atoms with Gasteiger partial charge in [-0.3, -0.25) is 5.10 Å². The molecule has 3 aromatic rings. The number of hydrogen-bond acceptors (Lipinski definition) is 6. The molecule has 4 N–H and O–H groups in total. The average molecular weight is 376 g/mol. The minimum absolute atomic E-state index is 0.0907. The van der Waals surface area contributed by atoms with Crippen molar-refractivity contribution in [2.24, 2.45) is 5.73 Å². The zero-order valence-corrected chi connectivity index (χ0v) is 15.0. The lowest BCUT2D eigenvalue weighted by Gasteiger charge is -2.26. The van der Waals surface area contributed by atoms with Crippen molar-refractivity contribution in [3.05, 3.63) is 41.1 Å². The second kappa shape index (κ2) is 6.37. The minimum atomic E-state index is -0.510. The Labute approximate surface area is 154 Å². The highest BCUT2D eigenvalue weighted by Crippen LogP contribution is 2.30. The summed E-state index contributed by atoms with van der Waals surface area (Å²) in [4.78, 5) is 10.8. The Morgan fingerprint density at radius 3 is 3.12 bits per heavy atom. The number of halogens is 2. The van der Waals surface area contributed by atoms with Crippen LogP contribution in [-0.2, 0) is 0 Å². The number of nitrogens with two attached hydrogens (primary N) is 1. The van der Waals surface area contributed by atoms with Crippen molar-refractivity contribution in [1.29, 1.82) is 0 Å². The molecule has 7 nitrogen and oxygen atoms in total. The van der Waals surface area contributed by atoms with E-state index in [9.17, 15) is 4.39 Å². The maximum Gasteiger partial charge on any atom is 0.164 e. The summed E-state index contributed by atoms with van der Waals surface area (Å²) in [6.07, 6.45) is 2.27. The standard InChI is InChI=1S/C17H19ClFN7/c1-10-13-15(25-24-10)22-9-23-16(13)26-6-5-17(20,8-26)7-21-12-4-2-3-11(18)14(12)19/h2-4,9,21H,5-8,20H2,1H3,(H,22,23,24,25). The van der Waals surface area contributed by atoms with E-state index >= 15 is 0 Å². The van der Waals surface area contributed by atoms with E-state index < -0.39 is 11.4 Å². The first kappa shape index (κ1) is 17.0. The molecule has 26 heavy (non-hydrogen) atoms. The molecule has 1 atom stereocenters. The molecule has 4 rings (SSSR count). The number of aryl methyl sites for hydroxylation is 1. The first-order valence-corrected chi connectivity index (χ1v) is 8.72. The number of fused-ring (bicyclic) bond motifs is 1. The van der Waals surface area contributed by atoms with E-state index in [2.05, 4.69) is 30.4 Å². The van der Waals surface area contributed by atoms with Crippen LogP contribution in [0.2, 0.25) is 5.02 Å². The first-order valence-electron chi connectivity index (χ1n) is 8.34. The summed E-state index contributed by atoms with van der Waals surface area (Å²) in [6, 6.07) is 4.88. The van der Waals surface area contributed by atoms with E-state index in [1.54, 1.807) is 12.1 Å². The topological polar surface area (TPSA) is 95.8 Å². The summed E-state index contributed by atoms with van der Waals surface area (Å²) in [5, 5.41) is 11.2. The third kappa shape index (κ3) is 2.95. The molecule has 1 fully saturated rings. The molecule has 0 spiro atoms. The van der Waals surface area contributed by atoms with E-state index in [0.29, 0.717) is 24.4 Å². The maximum absolute atomic E-state index is 14.1. The summed E-state index contributed by atoms with van der Waals surface area (Å²) in [7, 11) is 0. The van der Waals surface area contributed by atoms with E-state index in [1.165, 1.54) is 12.4 Å². The number of nitrogens with zero attached hydrogens (tertiary/aromatic N) is 4. The third-order valence-electron chi connectivity index (χ3n) is 4.79. The van der Waals surface area contributed by atoms with Crippen LogP contribution in [-0.4, -0.2) is 45.3 Å². The van der Waals surface area contributed by atoms with Crippen LogP contribution in [0.15, 0.2) is 24.5 Å². The zero-order chi connectivity index (χ0) is 18.3. The van der Waals surface area contributed by atoms with Crippen molar-refractivity contribution in [3.8, 4) is 0 Å². The van der Waals surface area contributed by atoms with Crippen LogP contribution < -0.4 is 16.0 Å². The van der Waals surface area contributed by atoms with Gasteiger partial charge >= 0.3 is 0 Å². The number of anilines is 2. The van der Waals surface area contributed by atoms with E-state index in [4.69, 9.17) is 17.3 Å². The Morgan fingerprint density at radius 2 is 2.27 bits per heavy atom. The Balaban J connectivity index is 1.52. The lowest BCUT2D eigenvalue weighted by Crippen LogP contribution is -2.48. The Kier molecular flexibility index (Phi) is 4.16. The van der Waals surface area contributed by atoms with Crippen LogP contribution >= 0.6 is 11.6 Å². The van der Waals surface area contributed by atoms with Crippen LogP contribution in [0.3, 0.4) is 0 Å². The van der Waals surface area contributed by atoms with Gasteiger partial charge in [0.15, 0.2) is 11.5 Å². The molecule has 1 aromatic carbocycles. The summed E-state index contributed by atoms with van der Waals surface area (Å²) < 4.78 is 14.1. The molecule has 2 aromatic heterocycles. The monoisotopic (exact) mass is 375 g/mol. The van der Waals surface area contributed by atoms with Crippen molar-refractivity contribution in [1.82, 2.24) is 20.2 Å². The number of H-pyrrole nitrogens is 1. The van der Waals surface area contributed by atoms with Gasteiger partial charge in [-0.05, 0) is 25.5 Å². The highest BCUT2D eigenvalue weighted by molar-refractivity contribution is 6.31. The fourth-order valence-electron chi connectivity index (χ4n) is 3.36. The van der Waals surface area contributed by atoms with Crippen LogP contribution in [0.25, 0.3) is 11.0 Å². The molecule has 0 radical (unpaired) electrons. The van der Waals surface area contributed by atoms with Crippen LogP contribution in [0.1, 0.15) is 12.1 Å². The van der Waals surface area contributed by atoms with Gasteiger partial charge in [0.2, 0.25) is 0 Å². The zero-order valence-electron chi connectivity index (χ0n) is 14.3. The maximum atomic E-state index is 14.1. The van der Waals surface area contributed by atoms with Crippen molar-refractivity contribution < 1.29 is 4.39 Å². The lowest BCUT2D eigenvalue weighted by molar-refractivity contribution is 0.497. The molecule has 0 aliphatic carbocycles. The predicted octanol–water partition coefficient (Wildman–Crippen LogP) is 2.47. The third-order valence-corrected chi connectivity index (χ3v) is 5.08. The molecule has 136 valence electrons. The van der Waals surface area contributed by atoms with Crippen LogP contribution in [0.4, 0.5) is 15.9 Å². The largest absolute Gasteiger partial charge is 0.381 e. The van der Waals surface area contributed by atoms with E-state index in [0.717, 1.165) is 29.9 Å². The van der Waals surface area contributed by atoms with Gasteiger partial charge in [0.05, 0.1) is 27.3 Å². The number of aromatic amines is 1. The minimum Gasteiger partial charge on any atom is -0.381 e. The lowest BCUT2D eigenvalue weighted by atomic mass is 10.00. The molecule has 9 heteroatoms. The number of rotatable bonds is 4. The summed E-state index contributed by atoms with van der Waals surface area (Å²) in [6.45, 7) is 3.70. The normalized spacial score (nSPS) is 20.1. The van der Waals surface area contributed by atoms with Gasteiger partial charge in [0, 0.05) is 19.6 Å². The summed E-state index contributed by atoms with van der Waals surface area (Å²) in [5.41, 5.74) is 7.96. The van der Waals surface area contributed by atoms with E-state index in [1.807, 2.05) is 6.92 Å². The molecule has 0 amide bonds. The molecule has 0 bridgehead atoms. The Bertz CT molecular complexity index is 959. The quantitative estimate of drug-likeness (QED) is 0.648. The Morgan fingerprint density at radius 1 is 1.42 bits per heavy atom. The molecule has 1 aliphatic rings. The van der Waals surface area contributed by atoms with Gasteiger partial charge in [-0.2, -0.15) is 5.10 Å². The van der Waals surface area contributed by atoms with Crippen molar-refractivity contribution >= 4 is 34.1 Å². The number of nitrogens with one attached hydrogen (secondary N) is 2. The fraction of sp³-hybridized carbons (Fsp3) is 0.353. The van der Waals surface area contributed by atoms with Crippen LogP contribution in [0, 0.1) is 12.7 Å².